The molecule has 7 nitrogen and oxygen atoms in total. The highest BCUT2D eigenvalue weighted by atomic mass is 32.1. The van der Waals surface area contributed by atoms with Crippen LogP contribution in [0.3, 0.4) is 0 Å². The lowest BCUT2D eigenvalue weighted by molar-refractivity contribution is 0.638. The number of fused-ring (bicyclic) bond motifs is 4. The fourth-order valence-corrected chi connectivity index (χ4v) is 5.72. The summed E-state index contributed by atoms with van der Waals surface area (Å²) >= 11 is 3.22. The summed E-state index contributed by atoms with van der Waals surface area (Å²) in [6, 6.07) is 6.24. The fraction of sp³-hybridized carbons (Fsp3) is 0.143. The molecule has 0 aliphatic carbocycles. The smallest absolute Gasteiger partial charge is 0.276 e. The number of hydrogen-bond donors (Lipinski definition) is 1. The van der Waals surface area contributed by atoms with Crippen molar-refractivity contribution in [3.05, 3.63) is 79.9 Å². The number of aromatic nitrogens is 6. The number of para-hydroxylation sites is 1. The molecule has 0 amide bonds. The van der Waals surface area contributed by atoms with Crippen LogP contribution in [0.2, 0.25) is 0 Å². The molecule has 0 atom stereocenters. The van der Waals surface area contributed by atoms with Crippen molar-refractivity contribution in [1.82, 2.24) is 29.4 Å². The van der Waals surface area contributed by atoms with E-state index in [9.17, 15) is 4.79 Å². The van der Waals surface area contributed by atoms with Crippen LogP contribution < -0.4 is 5.56 Å². The molecule has 0 saturated heterocycles. The summed E-state index contributed by atoms with van der Waals surface area (Å²) in [5.74, 6) is 0. The third kappa shape index (κ3) is 2.62. The molecule has 0 unspecified atom stereocenters. The van der Waals surface area contributed by atoms with Crippen LogP contribution in [0.25, 0.3) is 26.5 Å². The molecule has 5 heterocycles. The lowest BCUT2D eigenvalue weighted by Crippen LogP contribution is -2.23. The molecule has 5 aromatic heterocycles. The number of thiazole rings is 2. The van der Waals surface area contributed by atoms with E-state index in [1.54, 1.807) is 23.0 Å². The first-order valence-electron chi connectivity index (χ1n) is 9.46. The van der Waals surface area contributed by atoms with Gasteiger partial charge in [0.25, 0.3) is 5.56 Å². The van der Waals surface area contributed by atoms with Crippen molar-refractivity contribution < 1.29 is 0 Å². The lowest BCUT2D eigenvalue weighted by Gasteiger charge is -2.03. The Morgan fingerprint density at radius 1 is 1.23 bits per heavy atom. The molecule has 6 aromatic rings. The van der Waals surface area contributed by atoms with Crippen LogP contribution in [0.15, 0.2) is 52.5 Å². The Morgan fingerprint density at radius 2 is 2.17 bits per heavy atom. The topological polar surface area (TPSA) is 80.9 Å². The first-order valence-corrected chi connectivity index (χ1v) is 11.2. The van der Waals surface area contributed by atoms with Crippen LogP contribution in [0, 0.1) is 6.92 Å². The van der Waals surface area contributed by atoms with Crippen molar-refractivity contribution >= 4 is 49.2 Å². The number of benzene rings is 1. The van der Waals surface area contributed by atoms with E-state index < -0.39 is 0 Å². The average Bonchev–Trinajstić information content (AvgIpc) is 3.52. The maximum Gasteiger partial charge on any atom is 0.276 e. The quantitative estimate of drug-likeness (QED) is 0.457. The largest absolute Gasteiger partial charge is 0.310 e. The standard InChI is InChI=1S/C21H16N6OS2/c1-12-18-17(7-24-27(20(18)28)8-15-10-29-11-22-15)21-26(12)9-16(30-21)5-13-3-2-4-14-6-23-25-19(13)14/h2-4,6-7,9-11H,5,8H2,1H3,(H,23,25). The Bertz CT molecular complexity index is 1580. The predicted molar refractivity (Wildman–Crippen MR) is 120 cm³/mol. The van der Waals surface area contributed by atoms with Gasteiger partial charge in [-0.15, -0.1) is 22.7 Å². The summed E-state index contributed by atoms with van der Waals surface area (Å²) in [4.78, 5) is 19.6. The lowest BCUT2D eigenvalue weighted by atomic mass is 10.1. The molecule has 9 heteroatoms. The number of nitrogens with zero attached hydrogens (tertiary/aromatic N) is 5. The van der Waals surface area contributed by atoms with Gasteiger partial charge in [0, 0.05) is 39.3 Å². The number of rotatable bonds is 4. The molecule has 6 rings (SSSR count). The minimum Gasteiger partial charge on any atom is -0.310 e. The zero-order chi connectivity index (χ0) is 20.2. The molecular weight excluding hydrogens is 416 g/mol. The summed E-state index contributed by atoms with van der Waals surface area (Å²) in [5.41, 5.74) is 5.77. The van der Waals surface area contributed by atoms with Gasteiger partial charge in [0.05, 0.1) is 41.0 Å². The van der Waals surface area contributed by atoms with Crippen LogP contribution in [0.1, 0.15) is 21.8 Å². The molecular formula is C21H16N6OS2. The van der Waals surface area contributed by atoms with Crippen LogP contribution in [-0.2, 0) is 13.0 Å². The van der Waals surface area contributed by atoms with Crippen molar-refractivity contribution in [3.63, 3.8) is 0 Å². The zero-order valence-corrected chi connectivity index (χ0v) is 17.6. The van der Waals surface area contributed by atoms with Gasteiger partial charge in [0.2, 0.25) is 0 Å². The van der Waals surface area contributed by atoms with Crippen molar-refractivity contribution in [2.75, 3.05) is 0 Å². The highest BCUT2D eigenvalue weighted by Crippen LogP contribution is 2.31. The van der Waals surface area contributed by atoms with Gasteiger partial charge in [-0.1, -0.05) is 18.2 Å². The van der Waals surface area contributed by atoms with Crippen molar-refractivity contribution in [1.29, 1.82) is 0 Å². The second-order valence-corrected chi connectivity index (χ2v) is 9.10. The fourth-order valence-electron chi connectivity index (χ4n) is 3.99. The van der Waals surface area contributed by atoms with Crippen LogP contribution in [0.5, 0.6) is 0 Å². The molecule has 1 N–H and O–H groups in total. The highest BCUT2D eigenvalue weighted by Gasteiger charge is 2.18. The second-order valence-electron chi connectivity index (χ2n) is 7.26. The Labute approximate surface area is 178 Å². The van der Waals surface area contributed by atoms with E-state index in [-0.39, 0.29) is 5.56 Å². The molecule has 0 radical (unpaired) electrons. The third-order valence-electron chi connectivity index (χ3n) is 5.44. The molecule has 0 bridgehead atoms. The molecule has 0 fully saturated rings. The Hall–Kier alpha value is -3.30. The van der Waals surface area contributed by atoms with Gasteiger partial charge in [-0.3, -0.25) is 9.89 Å². The predicted octanol–water partition coefficient (Wildman–Crippen LogP) is 3.99. The molecule has 0 aliphatic heterocycles. The number of H-pyrrole nitrogens is 1. The second kappa shape index (κ2) is 6.61. The molecule has 1 aromatic carbocycles. The SMILES string of the molecule is Cc1c2c(=O)n(Cc3cscn3)ncc2c2sc(Cc3cccc4cn[nH]c34)cn12. The van der Waals surface area contributed by atoms with Gasteiger partial charge >= 0.3 is 0 Å². The van der Waals surface area contributed by atoms with E-state index in [0.717, 1.165) is 44.3 Å². The third-order valence-corrected chi connectivity index (χ3v) is 7.20. The molecule has 148 valence electrons. The molecule has 30 heavy (non-hydrogen) atoms. The van der Waals surface area contributed by atoms with Crippen LogP contribution in [-0.4, -0.2) is 29.4 Å². The van der Waals surface area contributed by atoms with Crippen molar-refractivity contribution in [2.24, 2.45) is 0 Å². The number of hydrogen-bond acceptors (Lipinski definition) is 6. The first kappa shape index (κ1) is 17.5. The minimum atomic E-state index is -0.0716. The van der Waals surface area contributed by atoms with Gasteiger partial charge in [0.15, 0.2) is 0 Å². The van der Waals surface area contributed by atoms with E-state index in [1.807, 2.05) is 18.5 Å². The Morgan fingerprint density at radius 3 is 3.03 bits per heavy atom. The maximum atomic E-state index is 13.1. The van der Waals surface area contributed by atoms with Crippen LogP contribution in [0.4, 0.5) is 0 Å². The Kier molecular flexibility index (Phi) is 3.87. The van der Waals surface area contributed by atoms with Gasteiger partial charge in [-0.2, -0.15) is 10.2 Å². The van der Waals surface area contributed by atoms with Gasteiger partial charge in [0.1, 0.15) is 4.83 Å². The molecule has 0 spiro atoms. The molecule has 0 saturated carbocycles. The molecule has 0 aliphatic rings. The van der Waals surface area contributed by atoms with Gasteiger partial charge in [-0.05, 0) is 12.5 Å². The van der Waals surface area contributed by atoms with Gasteiger partial charge < -0.3 is 4.40 Å². The highest BCUT2D eigenvalue weighted by molar-refractivity contribution is 7.18. The summed E-state index contributed by atoms with van der Waals surface area (Å²) in [6.45, 7) is 2.39. The normalized spacial score (nSPS) is 11.9. The first-order chi connectivity index (χ1) is 14.7. The van der Waals surface area contributed by atoms with Crippen LogP contribution >= 0.6 is 22.7 Å². The van der Waals surface area contributed by atoms with Crippen molar-refractivity contribution in [3.8, 4) is 0 Å². The summed E-state index contributed by atoms with van der Waals surface area (Å²) < 4.78 is 3.61. The minimum absolute atomic E-state index is 0.0716. The van der Waals surface area contributed by atoms with Crippen molar-refractivity contribution in [2.45, 2.75) is 19.9 Å². The number of aryl methyl sites for hydroxylation is 1. The van der Waals surface area contributed by atoms with E-state index in [1.165, 1.54) is 26.5 Å². The summed E-state index contributed by atoms with van der Waals surface area (Å²) in [7, 11) is 0. The maximum absolute atomic E-state index is 13.1. The Balaban J connectivity index is 1.44. The van der Waals surface area contributed by atoms with E-state index >= 15 is 0 Å². The number of aromatic amines is 1. The van der Waals surface area contributed by atoms with E-state index in [4.69, 9.17) is 0 Å². The summed E-state index contributed by atoms with van der Waals surface area (Å²) in [5, 5.41) is 16.4. The monoisotopic (exact) mass is 432 g/mol. The zero-order valence-electron chi connectivity index (χ0n) is 16.0. The van der Waals surface area contributed by atoms with Gasteiger partial charge in [-0.25, -0.2) is 9.67 Å². The number of nitrogens with one attached hydrogen (secondary N) is 1. The average molecular weight is 433 g/mol. The van der Waals surface area contributed by atoms with E-state index in [0.29, 0.717) is 6.54 Å². The summed E-state index contributed by atoms with van der Waals surface area (Å²) in [6.07, 6.45) is 6.59. The van der Waals surface area contributed by atoms with E-state index in [2.05, 4.69) is 49.1 Å².